The van der Waals surface area contributed by atoms with E-state index in [4.69, 9.17) is 0 Å². The van der Waals surface area contributed by atoms with Crippen LogP contribution in [0.2, 0.25) is 19.6 Å². The molecule has 6 nitrogen and oxygen atoms in total. The normalized spacial score (nSPS) is 11.6. The number of nitro groups is 1. The highest BCUT2D eigenvalue weighted by Gasteiger charge is 2.21. The number of hydrogen-bond donors (Lipinski definition) is 0. The van der Waals surface area contributed by atoms with E-state index in [0.29, 0.717) is 5.69 Å². The number of aromatic nitrogens is 3. The Labute approximate surface area is 112 Å². The van der Waals surface area contributed by atoms with Crippen LogP contribution in [0.15, 0.2) is 24.4 Å². The van der Waals surface area contributed by atoms with Gasteiger partial charge >= 0.3 is 0 Å². The molecular formula is C12H16N4O2Si. The zero-order chi connectivity index (χ0) is 14.2. The smallest absolute Gasteiger partial charge is 0.258 e. The molecule has 0 aliphatic heterocycles. The van der Waals surface area contributed by atoms with Crippen molar-refractivity contribution < 1.29 is 4.92 Å². The topological polar surface area (TPSA) is 73.8 Å². The van der Waals surface area contributed by atoms with Gasteiger partial charge in [0.15, 0.2) is 0 Å². The number of rotatable bonds is 3. The van der Waals surface area contributed by atoms with Crippen LogP contribution < -0.4 is 5.32 Å². The van der Waals surface area contributed by atoms with Crippen LogP contribution in [0.25, 0.3) is 5.69 Å². The number of benzene rings is 1. The van der Waals surface area contributed by atoms with Gasteiger partial charge in [-0.1, -0.05) is 30.9 Å². The van der Waals surface area contributed by atoms with E-state index in [-0.39, 0.29) is 5.69 Å². The third kappa shape index (κ3) is 2.70. The molecule has 1 aromatic carbocycles. The van der Waals surface area contributed by atoms with Crippen LogP contribution in [0, 0.1) is 17.0 Å². The van der Waals surface area contributed by atoms with E-state index in [9.17, 15) is 10.1 Å². The van der Waals surface area contributed by atoms with Crippen LogP contribution in [0.3, 0.4) is 0 Å². The minimum atomic E-state index is -1.53. The van der Waals surface area contributed by atoms with Gasteiger partial charge in [-0.05, 0) is 12.5 Å². The summed E-state index contributed by atoms with van der Waals surface area (Å²) in [4.78, 5) is 10.4. The van der Waals surface area contributed by atoms with E-state index in [2.05, 4.69) is 30.0 Å². The Kier molecular flexibility index (Phi) is 3.23. The van der Waals surface area contributed by atoms with Crippen LogP contribution in [-0.4, -0.2) is 28.0 Å². The van der Waals surface area contributed by atoms with Gasteiger partial charge in [-0.2, -0.15) is 0 Å². The highest BCUT2D eigenvalue weighted by atomic mass is 28.3. The molecule has 0 aliphatic rings. The minimum Gasteiger partial charge on any atom is -0.258 e. The lowest BCUT2D eigenvalue weighted by molar-refractivity contribution is -0.384. The van der Waals surface area contributed by atoms with E-state index < -0.39 is 13.0 Å². The van der Waals surface area contributed by atoms with E-state index in [1.54, 1.807) is 10.7 Å². The Morgan fingerprint density at radius 2 is 2.00 bits per heavy atom. The van der Waals surface area contributed by atoms with Gasteiger partial charge in [-0.25, -0.2) is 4.68 Å². The lowest BCUT2D eigenvalue weighted by Gasteiger charge is -2.10. The molecule has 0 saturated carbocycles. The van der Waals surface area contributed by atoms with Crippen molar-refractivity contribution >= 4 is 19.1 Å². The van der Waals surface area contributed by atoms with E-state index in [1.807, 2.05) is 13.1 Å². The first-order chi connectivity index (χ1) is 8.79. The summed E-state index contributed by atoms with van der Waals surface area (Å²) in [6, 6.07) is 4.75. The Morgan fingerprint density at radius 3 is 2.53 bits per heavy atom. The predicted molar refractivity (Wildman–Crippen MR) is 75.7 cm³/mol. The van der Waals surface area contributed by atoms with E-state index in [1.165, 1.54) is 12.1 Å². The van der Waals surface area contributed by atoms with Crippen LogP contribution in [0.1, 0.15) is 5.56 Å². The van der Waals surface area contributed by atoms with Gasteiger partial charge in [0.2, 0.25) is 0 Å². The first kappa shape index (κ1) is 13.4. The van der Waals surface area contributed by atoms with Crippen molar-refractivity contribution in [3.05, 3.63) is 40.1 Å². The van der Waals surface area contributed by atoms with Crippen molar-refractivity contribution in [2.24, 2.45) is 0 Å². The molecule has 100 valence electrons. The maximum Gasteiger partial charge on any atom is 0.271 e. The molecule has 0 saturated heterocycles. The molecule has 1 aromatic heterocycles. The van der Waals surface area contributed by atoms with Crippen molar-refractivity contribution in [3.63, 3.8) is 0 Å². The maximum absolute atomic E-state index is 10.8. The molecule has 0 aliphatic carbocycles. The molecule has 0 bridgehead atoms. The molecule has 0 atom stereocenters. The maximum atomic E-state index is 10.8. The van der Waals surface area contributed by atoms with Crippen molar-refractivity contribution in [2.75, 3.05) is 0 Å². The first-order valence-corrected chi connectivity index (χ1v) is 9.47. The molecule has 0 unspecified atom stereocenters. The molecule has 2 rings (SSSR count). The Morgan fingerprint density at radius 1 is 1.32 bits per heavy atom. The largest absolute Gasteiger partial charge is 0.271 e. The third-order valence-electron chi connectivity index (χ3n) is 2.91. The predicted octanol–water partition coefficient (Wildman–Crippen LogP) is 2.03. The minimum absolute atomic E-state index is 0.0608. The molecule has 7 heteroatoms. The summed E-state index contributed by atoms with van der Waals surface area (Å²) in [6.07, 6.45) is 1.87. The molecule has 1 heterocycles. The summed E-state index contributed by atoms with van der Waals surface area (Å²) >= 11 is 0. The summed E-state index contributed by atoms with van der Waals surface area (Å²) in [5.74, 6) is 0. The number of hydrogen-bond acceptors (Lipinski definition) is 4. The van der Waals surface area contributed by atoms with Gasteiger partial charge in [0.1, 0.15) is 8.07 Å². The second-order valence-corrected chi connectivity index (χ2v) is 10.5. The Bertz CT molecular complexity index is 631. The monoisotopic (exact) mass is 276 g/mol. The summed E-state index contributed by atoms with van der Waals surface area (Å²) in [6.45, 7) is 8.44. The van der Waals surface area contributed by atoms with Crippen LogP contribution in [-0.2, 0) is 0 Å². The third-order valence-corrected chi connectivity index (χ3v) is 4.68. The second-order valence-electron chi connectivity index (χ2n) is 5.53. The summed E-state index contributed by atoms with van der Waals surface area (Å²) in [7, 11) is -1.53. The quantitative estimate of drug-likeness (QED) is 0.488. The van der Waals surface area contributed by atoms with Gasteiger partial charge in [0, 0.05) is 18.3 Å². The van der Waals surface area contributed by atoms with Gasteiger partial charge in [0.05, 0.1) is 15.9 Å². The van der Waals surface area contributed by atoms with Crippen LogP contribution in [0.5, 0.6) is 0 Å². The summed E-state index contributed by atoms with van der Waals surface area (Å²) in [5, 5.41) is 20.1. The summed E-state index contributed by atoms with van der Waals surface area (Å²) < 4.78 is 1.62. The number of non-ortho nitro benzene ring substituents is 1. The van der Waals surface area contributed by atoms with Crippen molar-refractivity contribution in [2.45, 2.75) is 26.6 Å². The van der Waals surface area contributed by atoms with Gasteiger partial charge in [-0.15, -0.1) is 5.10 Å². The first-order valence-electron chi connectivity index (χ1n) is 5.97. The summed E-state index contributed by atoms with van der Waals surface area (Å²) in [5.41, 5.74) is 1.69. The lowest BCUT2D eigenvalue weighted by Crippen LogP contribution is -2.38. The Hall–Kier alpha value is -2.02. The van der Waals surface area contributed by atoms with Crippen LogP contribution in [0.4, 0.5) is 5.69 Å². The average Bonchev–Trinajstić information content (AvgIpc) is 2.78. The van der Waals surface area contributed by atoms with Crippen LogP contribution >= 0.6 is 0 Å². The Balaban J connectivity index is 2.49. The highest BCUT2D eigenvalue weighted by molar-refractivity contribution is 6.88. The second kappa shape index (κ2) is 4.58. The zero-order valence-corrected chi connectivity index (χ0v) is 12.4. The fourth-order valence-electron chi connectivity index (χ4n) is 1.68. The molecule has 0 spiro atoms. The molecule has 0 N–H and O–H groups in total. The molecule has 19 heavy (non-hydrogen) atoms. The van der Waals surface area contributed by atoms with Gasteiger partial charge in [0.25, 0.3) is 5.69 Å². The van der Waals surface area contributed by atoms with Crippen molar-refractivity contribution in [3.8, 4) is 5.69 Å². The molecular weight excluding hydrogens is 260 g/mol. The van der Waals surface area contributed by atoms with Crippen molar-refractivity contribution in [1.82, 2.24) is 15.0 Å². The van der Waals surface area contributed by atoms with E-state index in [0.717, 1.165) is 10.9 Å². The molecule has 2 aromatic rings. The number of aryl methyl sites for hydroxylation is 1. The molecule has 0 amide bonds. The van der Waals surface area contributed by atoms with Gasteiger partial charge in [-0.3, -0.25) is 10.1 Å². The molecule has 0 fully saturated rings. The standard InChI is InChI=1S/C12H16N4O2Si/c1-9-5-6-10(16(17)18)7-11(9)15-8-12(13-14-15)19(2,3)4/h5-8H,1-4H3. The van der Waals surface area contributed by atoms with E-state index >= 15 is 0 Å². The fourth-order valence-corrected chi connectivity index (χ4v) is 2.54. The number of nitrogens with zero attached hydrogens (tertiary/aromatic N) is 4. The number of nitro benzene ring substituents is 1. The lowest BCUT2D eigenvalue weighted by atomic mass is 10.2. The molecule has 0 radical (unpaired) electrons. The van der Waals surface area contributed by atoms with Gasteiger partial charge < -0.3 is 0 Å². The SMILES string of the molecule is Cc1ccc([N+](=O)[O-])cc1-n1cc([Si](C)(C)C)nn1. The average molecular weight is 276 g/mol. The zero-order valence-electron chi connectivity index (χ0n) is 11.4. The fraction of sp³-hybridized carbons (Fsp3) is 0.333. The van der Waals surface area contributed by atoms with Crippen molar-refractivity contribution in [1.29, 1.82) is 0 Å². The highest BCUT2D eigenvalue weighted by Crippen LogP contribution is 2.20.